The average Bonchev–Trinajstić information content (AvgIpc) is 2.17. The SMILES string of the molecule is COc1cc[o+]c2ccccc12. The number of rotatable bonds is 1. The Morgan fingerprint density at radius 3 is 2.83 bits per heavy atom. The molecule has 2 heteroatoms. The minimum Gasteiger partial charge on any atom is -0.495 e. The molecule has 60 valence electrons. The Balaban J connectivity index is 2.79. The molecule has 1 aromatic heterocycles. The fraction of sp³-hybridized carbons (Fsp3) is 0.100. The zero-order valence-electron chi connectivity index (χ0n) is 6.78. The molecule has 12 heavy (non-hydrogen) atoms. The number of ether oxygens (including phenoxy) is 1. The zero-order valence-corrected chi connectivity index (χ0v) is 6.78. The lowest BCUT2D eigenvalue weighted by Gasteiger charge is -1.96. The number of fused-ring (bicyclic) bond motifs is 1. The van der Waals surface area contributed by atoms with E-state index in [2.05, 4.69) is 0 Å². The van der Waals surface area contributed by atoms with Crippen LogP contribution in [0.25, 0.3) is 11.0 Å². The van der Waals surface area contributed by atoms with Gasteiger partial charge in [-0.15, -0.1) is 0 Å². The Morgan fingerprint density at radius 2 is 2.00 bits per heavy atom. The van der Waals surface area contributed by atoms with Gasteiger partial charge in [0.15, 0.2) is 0 Å². The van der Waals surface area contributed by atoms with Crippen LogP contribution in [0.1, 0.15) is 0 Å². The first-order valence-electron chi connectivity index (χ1n) is 3.75. The van der Waals surface area contributed by atoms with Crippen LogP contribution in [-0.4, -0.2) is 7.11 Å². The van der Waals surface area contributed by atoms with Gasteiger partial charge in [-0.25, -0.2) is 4.42 Å². The molecule has 0 aliphatic heterocycles. The summed E-state index contributed by atoms with van der Waals surface area (Å²) in [5, 5.41) is 1.00. The third kappa shape index (κ3) is 1.01. The van der Waals surface area contributed by atoms with Crippen LogP contribution in [0, 0.1) is 0 Å². The smallest absolute Gasteiger partial charge is 0.363 e. The second-order valence-corrected chi connectivity index (χ2v) is 2.49. The molecule has 0 spiro atoms. The molecular weight excluding hydrogens is 152 g/mol. The second-order valence-electron chi connectivity index (χ2n) is 2.49. The molecule has 0 bridgehead atoms. The number of methoxy groups -OCH3 is 1. The Hall–Kier alpha value is -1.57. The predicted molar refractivity (Wildman–Crippen MR) is 47.2 cm³/mol. The van der Waals surface area contributed by atoms with Gasteiger partial charge in [-0.2, -0.15) is 0 Å². The largest absolute Gasteiger partial charge is 0.495 e. The highest BCUT2D eigenvalue weighted by atomic mass is 16.5. The molecule has 1 aromatic carbocycles. The molecule has 0 unspecified atom stereocenters. The van der Waals surface area contributed by atoms with Crippen molar-refractivity contribution in [1.29, 1.82) is 0 Å². The quantitative estimate of drug-likeness (QED) is 0.599. The van der Waals surface area contributed by atoms with Crippen LogP contribution in [0.3, 0.4) is 0 Å². The van der Waals surface area contributed by atoms with Crippen molar-refractivity contribution in [2.24, 2.45) is 0 Å². The van der Waals surface area contributed by atoms with Gasteiger partial charge in [-0.1, -0.05) is 12.1 Å². The topological polar surface area (TPSA) is 20.5 Å². The van der Waals surface area contributed by atoms with E-state index in [1.54, 1.807) is 13.4 Å². The maximum atomic E-state index is 5.27. The van der Waals surface area contributed by atoms with Gasteiger partial charge in [0.2, 0.25) is 0 Å². The van der Waals surface area contributed by atoms with Gasteiger partial charge in [0.05, 0.1) is 13.2 Å². The molecule has 0 aliphatic rings. The van der Waals surface area contributed by atoms with Gasteiger partial charge >= 0.3 is 11.8 Å². The van der Waals surface area contributed by atoms with E-state index in [9.17, 15) is 0 Å². The Kier molecular flexibility index (Phi) is 1.67. The molecule has 0 saturated carbocycles. The average molecular weight is 161 g/mol. The van der Waals surface area contributed by atoms with E-state index in [1.165, 1.54) is 0 Å². The van der Waals surface area contributed by atoms with Crippen LogP contribution in [0.15, 0.2) is 41.0 Å². The zero-order chi connectivity index (χ0) is 8.39. The first-order valence-corrected chi connectivity index (χ1v) is 3.75. The van der Waals surface area contributed by atoms with E-state index < -0.39 is 0 Å². The van der Waals surface area contributed by atoms with E-state index in [1.807, 2.05) is 30.3 Å². The van der Waals surface area contributed by atoms with Gasteiger partial charge in [0.25, 0.3) is 0 Å². The van der Waals surface area contributed by atoms with E-state index in [0.29, 0.717) is 0 Å². The predicted octanol–water partition coefficient (Wildman–Crippen LogP) is 2.72. The van der Waals surface area contributed by atoms with E-state index >= 15 is 0 Å². The minimum absolute atomic E-state index is 0.844. The first-order chi connectivity index (χ1) is 5.92. The van der Waals surface area contributed by atoms with Crippen LogP contribution in [0.2, 0.25) is 0 Å². The maximum Gasteiger partial charge on any atom is 0.363 e. The highest BCUT2D eigenvalue weighted by molar-refractivity contribution is 5.82. The van der Waals surface area contributed by atoms with Gasteiger partial charge < -0.3 is 4.74 Å². The molecule has 2 nitrogen and oxygen atoms in total. The molecule has 0 N–H and O–H groups in total. The van der Waals surface area contributed by atoms with E-state index in [4.69, 9.17) is 9.15 Å². The summed E-state index contributed by atoms with van der Waals surface area (Å²) in [6.07, 6.45) is 1.63. The van der Waals surface area contributed by atoms with Crippen molar-refractivity contribution >= 4 is 11.0 Å². The standard InChI is InChI=1S/C10H9O2/c1-11-9-6-7-12-10-5-3-2-4-8(9)10/h2-7H,1H3/q+1. The summed E-state index contributed by atoms with van der Waals surface area (Å²) < 4.78 is 10.4. The molecule has 0 radical (unpaired) electrons. The molecule has 0 fully saturated rings. The lowest BCUT2D eigenvalue weighted by atomic mass is 10.2. The van der Waals surface area contributed by atoms with Crippen LogP contribution >= 0.6 is 0 Å². The first kappa shape index (κ1) is 7.10. The normalized spacial score (nSPS) is 10.1. The summed E-state index contributed by atoms with van der Waals surface area (Å²) >= 11 is 0. The molecule has 0 amide bonds. The second kappa shape index (κ2) is 2.81. The fourth-order valence-corrected chi connectivity index (χ4v) is 1.21. The summed E-state index contributed by atoms with van der Waals surface area (Å²) in [6, 6.07) is 9.59. The van der Waals surface area contributed by atoms with Crippen LogP contribution < -0.4 is 4.74 Å². The van der Waals surface area contributed by atoms with Crippen molar-refractivity contribution in [3.8, 4) is 5.75 Å². The van der Waals surface area contributed by atoms with Gasteiger partial charge in [0, 0.05) is 6.07 Å². The molecular formula is C10H9O2+. The molecule has 2 rings (SSSR count). The highest BCUT2D eigenvalue weighted by Gasteiger charge is 2.08. The molecule has 1 heterocycles. The van der Waals surface area contributed by atoms with Crippen molar-refractivity contribution < 1.29 is 9.15 Å². The van der Waals surface area contributed by atoms with Crippen LogP contribution in [-0.2, 0) is 0 Å². The number of hydrogen-bond acceptors (Lipinski definition) is 1. The summed E-state index contributed by atoms with van der Waals surface area (Å²) in [5.74, 6) is 0.844. The Labute approximate surface area is 70.4 Å². The molecule has 0 saturated heterocycles. The lowest BCUT2D eigenvalue weighted by molar-refractivity contribution is 0.415. The van der Waals surface area contributed by atoms with E-state index in [-0.39, 0.29) is 0 Å². The number of benzene rings is 1. The van der Waals surface area contributed by atoms with Gasteiger partial charge in [-0.3, -0.25) is 0 Å². The summed E-state index contributed by atoms with van der Waals surface area (Å²) in [6.45, 7) is 0. The van der Waals surface area contributed by atoms with Gasteiger partial charge in [-0.05, 0) is 6.07 Å². The van der Waals surface area contributed by atoms with Crippen molar-refractivity contribution in [2.75, 3.05) is 7.11 Å². The maximum absolute atomic E-state index is 5.27. The van der Waals surface area contributed by atoms with Crippen molar-refractivity contribution in [2.45, 2.75) is 0 Å². The molecule has 2 aromatic rings. The number of para-hydroxylation sites is 1. The third-order valence-electron chi connectivity index (χ3n) is 1.79. The van der Waals surface area contributed by atoms with Crippen molar-refractivity contribution in [1.82, 2.24) is 0 Å². The Bertz CT molecular complexity index is 390. The minimum atomic E-state index is 0.844. The number of hydrogen-bond donors (Lipinski definition) is 0. The van der Waals surface area contributed by atoms with Crippen LogP contribution in [0.4, 0.5) is 0 Å². The Morgan fingerprint density at radius 1 is 1.17 bits per heavy atom. The summed E-state index contributed by atoms with van der Waals surface area (Å²) in [4.78, 5) is 0. The monoisotopic (exact) mass is 161 g/mol. The van der Waals surface area contributed by atoms with Crippen molar-refractivity contribution in [3.63, 3.8) is 0 Å². The van der Waals surface area contributed by atoms with Crippen molar-refractivity contribution in [3.05, 3.63) is 36.6 Å². The van der Waals surface area contributed by atoms with Gasteiger partial charge in [0.1, 0.15) is 11.1 Å². The summed E-state index contributed by atoms with van der Waals surface area (Å²) in [7, 11) is 1.65. The summed E-state index contributed by atoms with van der Waals surface area (Å²) in [5.41, 5.74) is 0.844. The fourth-order valence-electron chi connectivity index (χ4n) is 1.21. The highest BCUT2D eigenvalue weighted by Crippen LogP contribution is 2.24. The lowest BCUT2D eigenvalue weighted by Crippen LogP contribution is -1.83. The molecule has 0 atom stereocenters. The third-order valence-corrected chi connectivity index (χ3v) is 1.79. The molecule has 0 aliphatic carbocycles. The van der Waals surface area contributed by atoms with Crippen LogP contribution in [0.5, 0.6) is 5.75 Å². The van der Waals surface area contributed by atoms with E-state index in [0.717, 1.165) is 16.7 Å².